The summed E-state index contributed by atoms with van der Waals surface area (Å²) in [5.74, 6) is 2.37. The third-order valence-electron chi connectivity index (χ3n) is 7.67. The lowest BCUT2D eigenvalue weighted by Crippen LogP contribution is -2.48. The van der Waals surface area contributed by atoms with Crippen LogP contribution in [0.15, 0.2) is 12.1 Å². The third-order valence-corrected chi connectivity index (χ3v) is 7.67. The molecule has 0 heterocycles. The summed E-state index contributed by atoms with van der Waals surface area (Å²) in [6.07, 6.45) is 8.58. The van der Waals surface area contributed by atoms with Crippen LogP contribution in [0.3, 0.4) is 0 Å². The number of aliphatic hydroxyl groups excluding tert-OH is 1. The lowest BCUT2D eigenvalue weighted by atomic mass is 9.49. The van der Waals surface area contributed by atoms with E-state index in [1.54, 1.807) is 16.7 Å². The first-order valence-corrected chi connectivity index (χ1v) is 9.27. The molecule has 120 valence electrons. The SMILES string of the molecule is Cc1ccc2c(c1C)CC[C@@H]1[C@@H]2CC[C@@H]2C[C@@H](O)CC[C@]21C. The average molecular weight is 298 g/mol. The Morgan fingerprint density at radius 2 is 1.91 bits per heavy atom. The molecule has 0 saturated heterocycles. The van der Waals surface area contributed by atoms with Crippen molar-refractivity contribution >= 4 is 0 Å². The summed E-state index contributed by atoms with van der Waals surface area (Å²) < 4.78 is 0. The highest BCUT2D eigenvalue weighted by Gasteiger charge is 2.51. The van der Waals surface area contributed by atoms with Crippen molar-refractivity contribution in [3.8, 4) is 0 Å². The molecule has 1 aromatic carbocycles. The van der Waals surface area contributed by atoms with E-state index in [9.17, 15) is 5.11 Å². The summed E-state index contributed by atoms with van der Waals surface area (Å²) in [4.78, 5) is 0. The Bertz CT molecular complexity index is 590. The first-order chi connectivity index (χ1) is 10.5. The fraction of sp³-hybridized carbons (Fsp3) is 0.714. The van der Waals surface area contributed by atoms with Crippen LogP contribution in [0.2, 0.25) is 0 Å². The van der Waals surface area contributed by atoms with E-state index in [-0.39, 0.29) is 6.10 Å². The molecule has 1 heteroatoms. The molecule has 1 N–H and O–H groups in total. The number of hydrogen-bond acceptors (Lipinski definition) is 1. The summed E-state index contributed by atoms with van der Waals surface area (Å²) in [5, 5.41) is 10.1. The standard InChI is InChI=1S/C21H30O/c1-13-4-6-18-17(14(13)2)8-9-20-19(18)7-5-15-12-16(22)10-11-21(15,20)3/h4,6,15-16,19-20,22H,5,7-12H2,1-3H3/t15-,16+,19-,20-,21-/m1/s1. The van der Waals surface area contributed by atoms with Gasteiger partial charge in [0.1, 0.15) is 0 Å². The average Bonchev–Trinajstić information content (AvgIpc) is 2.51. The summed E-state index contributed by atoms with van der Waals surface area (Å²) in [5.41, 5.74) is 6.81. The molecule has 0 unspecified atom stereocenters. The van der Waals surface area contributed by atoms with Gasteiger partial charge in [-0.3, -0.25) is 0 Å². The van der Waals surface area contributed by atoms with Gasteiger partial charge in [0.15, 0.2) is 0 Å². The molecule has 1 nitrogen and oxygen atoms in total. The molecule has 0 spiro atoms. The molecule has 0 bridgehead atoms. The second-order valence-electron chi connectivity index (χ2n) is 8.54. The Labute approximate surface area is 135 Å². The first kappa shape index (κ1) is 14.8. The summed E-state index contributed by atoms with van der Waals surface area (Å²) in [7, 11) is 0. The normalized spacial score (nSPS) is 40.5. The second kappa shape index (κ2) is 5.09. The maximum atomic E-state index is 10.1. The highest BCUT2D eigenvalue weighted by Crippen LogP contribution is 2.60. The lowest BCUT2D eigenvalue weighted by Gasteiger charge is -2.56. The molecule has 3 aliphatic carbocycles. The van der Waals surface area contributed by atoms with Crippen molar-refractivity contribution in [1.29, 1.82) is 0 Å². The van der Waals surface area contributed by atoms with E-state index in [0.29, 0.717) is 5.41 Å². The number of benzene rings is 1. The lowest BCUT2D eigenvalue weighted by molar-refractivity contribution is -0.0606. The van der Waals surface area contributed by atoms with Gasteiger partial charge in [0, 0.05) is 0 Å². The Morgan fingerprint density at radius 3 is 2.73 bits per heavy atom. The zero-order valence-corrected chi connectivity index (χ0v) is 14.4. The van der Waals surface area contributed by atoms with Crippen LogP contribution in [-0.4, -0.2) is 11.2 Å². The van der Waals surface area contributed by atoms with Gasteiger partial charge in [0.25, 0.3) is 0 Å². The highest BCUT2D eigenvalue weighted by molar-refractivity contribution is 5.44. The Hall–Kier alpha value is -0.820. The van der Waals surface area contributed by atoms with Gasteiger partial charge >= 0.3 is 0 Å². The second-order valence-corrected chi connectivity index (χ2v) is 8.54. The van der Waals surface area contributed by atoms with Crippen LogP contribution >= 0.6 is 0 Å². The van der Waals surface area contributed by atoms with Gasteiger partial charge < -0.3 is 5.11 Å². The van der Waals surface area contributed by atoms with E-state index in [4.69, 9.17) is 0 Å². The van der Waals surface area contributed by atoms with Crippen molar-refractivity contribution in [1.82, 2.24) is 0 Å². The molecule has 3 aliphatic rings. The molecule has 2 fully saturated rings. The molecule has 22 heavy (non-hydrogen) atoms. The van der Waals surface area contributed by atoms with E-state index in [1.165, 1.54) is 37.7 Å². The first-order valence-electron chi connectivity index (χ1n) is 9.27. The molecule has 0 amide bonds. The van der Waals surface area contributed by atoms with Gasteiger partial charge in [0.2, 0.25) is 0 Å². The summed E-state index contributed by atoms with van der Waals surface area (Å²) in [6, 6.07) is 4.78. The number of fused-ring (bicyclic) bond motifs is 5. The van der Waals surface area contributed by atoms with Crippen molar-refractivity contribution in [2.45, 2.75) is 77.7 Å². The zero-order chi connectivity index (χ0) is 15.5. The third kappa shape index (κ3) is 2.01. The Balaban J connectivity index is 1.72. The van der Waals surface area contributed by atoms with E-state index in [2.05, 4.69) is 32.9 Å². The smallest absolute Gasteiger partial charge is 0.0543 e. The van der Waals surface area contributed by atoms with Crippen molar-refractivity contribution in [2.24, 2.45) is 17.3 Å². The van der Waals surface area contributed by atoms with E-state index in [1.807, 2.05) is 0 Å². The number of aliphatic hydroxyl groups is 1. The van der Waals surface area contributed by atoms with Crippen molar-refractivity contribution in [2.75, 3.05) is 0 Å². The van der Waals surface area contributed by atoms with Crippen LogP contribution in [0.1, 0.15) is 73.6 Å². The minimum atomic E-state index is -0.0320. The van der Waals surface area contributed by atoms with Crippen LogP contribution in [-0.2, 0) is 6.42 Å². The molecule has 0 radical (unpaired) electrons. The van der Waals surface area contributed by atoms with E-state index in [0.717, 1.165) is 30.6 Å². The quantitative estimate of drug-likeness (QED) is 0.721. The van der Waals surface area contributed by atoms with Crippen LogP contribution in [0.4, 0.5) is 0 Å². The minimum absolute atomic E-state index is 0.0320. The van der Waals surface area contributed by atoms with Crippen LogP contribution in [0, 0.1) is 31.1 Å². The largest absolute Gasteiger partial charge is 0.393 e. The summed E-state index contributed by atoms with van der Waals surface area (Å²) in [6.45, 7) is 7.12. The van der Waals surface area contributed by atoms with Gasteiger partial charge in [-0.1, -0.05) is 19.1 Å². The molecule has 1 aromatic rings. The van der Waals surface area contributed by atoms with E-state index < -0.39 is 0 Å². The van der Waals surface area contributed by atoms with Gasteiger partial charge in [0.05, 0.1) is 6.10 Å². The topological polar surface area (TPSA) is 20.2 Å². The molecule has 5 atom stereocenters. The van der Waals surface area contributed by atoms with Gasteiger partial charge in [-0.25, -0.2) is 0 Å². The zero-order valence-electron chi connectivity index (χ0n) is 14.4. The van der Waals surface area contributed by atoms with Crippen molar-refractivity contribution < 1.29 is 5.11 Å². The van der Waals surface area contributed by atoms with Crippen LogP contribution in [0.5, 0.6) is 0 Å². The predicted octanol–water partition coefficient (Wildman–Crippen LogP) is 4.91. The van der Waals surface area contributed by atoms with Gasteiger partial charge in [-0.2, -0.15) is 0 Å². The molecule has 2 saturated carbocycles. The monoisotopic (exact) mass is 298 g/mol. The van der Waals surface area contributed by atoms with E-state index >= 15 is 0 Å². The maximum absolute atomic E-state index is 10.1. The van der Waals surface area contributed by atoms with Gasteiger partial charge in [-0.05, 0) is 104 Å². The number of hydrogen-bond donors (Lipinski definition) is 1. The van der Waals surface area contributed by atoms with Crippen LogP contribution in [0.25, 0.3) is 0 Å². The predicted molar refractivity (Wildman–Crippen MR) is 91.2 cm³/mol. The summed E-state index contributed by atoms with van der Waals surface area (Å²) >= 11 is 0. The maximum Gasteiger partial charge on any atom is 0.0543 e. The highest BCUT2D eigenvalue weighted by atomic mass is 16.3. The molecule has 0 aromatic heterocycles. The molecule has 4 rings (SSSR count). The van der Waals surface area contributed by atoms with Crippen molar-refractivity contribution in [3.05, 3.63) is 34.4 Å². The fourth-order valence-corrected chi connectivity index (χ4v) is 6.15. The van der Waals surface area contributed by atoms with Crippen molar-refractivity contribution in [3.63, 3.8) is 0 Å². The Kier molecular flexibility index (Phi) is 3.41. The number of rotatable bonds is 0. The molecule has 0 aliphatic heterocycles. The minimum Gasteiger partial charge on any atom is -0.393 e. The fourth-order valence-electron chi connectivity index (χ4n) is 6.15. The molecular weight excluding hydrogens is 268 g/mol. The van der Waals surface area contributed by atoms with Crippen LogP contribution < -0.4 is 0 Å². The Morgan fingerprint density at radius 1 is 1.09 bits per heavy atom. The molecular formula is C21H30O. The van der Waals surface area contributed by atoms with Gasteiger partial charge in [-0.15, -0.1) is 0 Å². The number of aryl methyl sites for hydroxylation is 1.